The lowest BCUT2D eigenvalue weighted by atomic mass is 9.97. The summed E-state index contributed by atoms with van der Waals surface area (Å²) in [6, 6.07) is -3.72. The number of hydrogen-bond acceptors (Lipinski definition) is 7. The highest BCUT2D eigenvalue weighted by molar-refractivity contribution is 7.98. The number of carbonyl (C=O) groups is 4. The van der Waals surface area contributed by atoms with E-state index in [-0.39, 0.29) is 18.1 Å². The molecule has 162 valence electrons. The minimum absolute atomic E-state index is 0.130. The molecule has 0 bridgehead atoms. The average Bonchev–Trinajstić information content (AvgIpc) is 2.66. The third-order valence-electron chi connectivity index (χ3n) is 4.30. The second-order valence-electron chi connectivity index (χ2n) is 6.57. The first kappa shape index (κ1) is 26.5. The summed E-state index contributed by atoms with van der Waals surface area (Å²) < 4.78 is 0. The molecule has 0 heterocycles. The van der Waals surface area contributed by atoms with E-state index in [1.807, 2.05) is 13.2 Å². The summed E-state index contributed by atoms with van der Waals surface area (Å²) in [5, 5.41) is 16.9. The fourth-order valence-electron chi connectivity index (χ4n) is 2.20. The van der Waals surface area contributed by atoms with E-state index < -0.39 is 47.9 Å². The van der Waals surface area contributed by atoms with Crippen LogP contribution in [0.15, 0.2) is 0 Å². The Morgan fingerprint density at radius 3 is 2.14 bits per heavy atom. The van der Waals surface area contributed by atoms with Crippen LogP contribution in [-0.4, -0.2) is 70.7 Å². The van der Waals surface area contributed by atoms with Gasteiger partial charge in [-0.2, -0.15) is 24.4 Å². The van der Waals surface area contributed by atoms with Crippen LogP contribution >= 0.6 is 24.4 Å². The summed E-state index contributed by atoms with van der Waals surface area (Å²) in [7, 11) is 0. The SMILES string of the molecule is CC[C@H](C)[C@H](NC(=O)[C@H](C)NC(=O)[C@@H](N)CS)C(=O)N[C@@H](CCSC)C(=O)O. The van der Waals surface area contributed by atoms with Crippen LogP contribution < -0.4 is 21.7 Å². The lowest BCUT2D eigenvalue weighted by Crippen LogP contribution is -2.58. The first-order valence-corrected chi connectivity index (χ1v) is 11.1. The third kappa shape index (κ3) is 9.16. The highest BCUT2D eigenvalue weighted by Crippen LogP contribution is 2.10. The van der Waals surface area contributed by atoms with Crippen molar-refractivity contribution in [3.05, 3.63) is 0 Å². The number of carboxylic acids is 1. The number of carbonyl (C=O) groups excluding carboxylic acids is 3. The van der Waals surface area contributed by atoms with Crippen molar-refractivity contribution in [1.29, 1.82) is 0 Å². The maximum atomic E-state index is 12.6. The number of aliphatic carboxylic acids is 1. The van der Waals surface area contributed by atoms with Gasteiger partial charge in [0.05, 0.1) is 6.04 Å². The standard InChI is InChI=1S/C17H32N4O5S2/c1-5-9(2)13(16(24)20-12(17(25)26)6-7-28-4)21-14(22)10(3)19-15(23)11(18)8-27/h9-13,27H,5-8,18H2,1-4H3,(H,19,23)(H,20,24)(H,21,22)(H,25,26)/t9-,10-,11-,12-,13-/m0/s1. The van der Waals surface area contributed by atoms with Crippen LogP contribution in [0.5, 0.6) is 0 Å². The molecular weight excluding hydrogens is 404 g/mol. The van der Waals surface area contributed by atoms with Crippen molar-refractivity contribution in [2.75, 3.05) is 17.8 Å². The van der Waals surface area contributed by atoms with Gasteiger partial charge in [-0.15, -0.1) is 0 Å². The van der Waals surface area contributed by atoms with E-state index in [9.17, 15) is 24.3 Å². The van der Waals surface area contributed by atoms with Gasteiger partial charge in [-0.05, 0) is 31.3 Å². The van der Waals surface area contributed by atoms with Gasteiger partial charge in [-0.3, -0.25) is 14.4 Å². The Morgan fingerprint density at radius 2 is 1.68 bits per heavy atom. The molecule has 6 N–H and O–H groups in total. The Morgan fingerprint density at radius 1 is 1.07 bits per heavy atom. The predicted molar refractivity (Wildman–Crippen MR) is 113 cm³/mol. The molecule has 9 nitrogen and oxygen atoms in total. The molecule has 0 aliphatic heterocycles. The van der Waals surface area contributed by atoms with Crippen molar-refractivity contribution in [1.82, 2.24) is 16.0 Å². The van der Waals surface area contributed by atoms with Gasteiger partial charge in [0, 0.05) is 5.75 Å². The Hall–Kier alpha value is -1.46. The van der Waals surface area contributed by atoms with E-state index >= 15 is 0 Å². The van der Waals surface area contributed by atoms with Gasteiger partial charge in [0.1, 0.15) is 18.1 Å². The summed E-state index contributed by atoms with van der Waals surface area (Å²) >= 11 is 5.41. The molecule has 0 saturated heterocycles. The molecule has 0 aliphatic carbocycles. The highest BCUT2D eigenvalue weighted by Gasteiger charge is 2.31. The fraction of sp³-hybridized carbons (Fsp3) is 0.765. The second kappa shape index (κ2) is 13.7. The van der Waals surface area contributed by atoms with Crippen molar-refractivity contribution >= 4 is 48.1 Å². The van der Waals surface area contributed by atoms with Crippen molar-refractivity contribution < 1.29 is 24.3 Å². The van der Waals surface area contributed by atoms with E-state index in [0.29, 0.717) is 12.2 Å². The number of nitrogens with two attached hydrogens (primary N) is 1. The topological polar surface area (TPSA) is 151 Å². The summed E-state index contributed by atoms with van der Waals surface area (Å²) in [4.78, 5) is 48.3. The molecular formula is C17H32N4O5S2. The Kier molecular flexibility index (Phi) is 13.0. The second-order valence-corrected chi connectivity index (χ2v) is 7.92. The molecule has 0 saturated carbocycles. The Labute approximate surface area is 175 Å². The molecule has 0 aliphatic rings. The van der Waals surface area contributed by atoms with Crippen LogP contribution in [0, 0.1) is 5.92 Å². The zero-order valence-corrected chi connectivity index (χ0v) is 18.4. The largest absolute Gasteiger partial charge is 0.480 e. The molecule has 0 aromatic rings. The molecule has 0 fully saturated rings. The Balaban J connectivity index is 5.10. The van der Waals surface area contributed by atoms with Gasteiger partial charge in [-0.1, -0.05) is 20.3 Å². The maximum Gasteiger partial charge on any atom is 0.326 e. The summed E-state index contributed by atoms with van der Waals surface area (Å²) in [5.74, 6) is -2.31. The van der Waals surface area contributed by atoms with Crippen molar-refractivity contribution in [3.8, 4) is 0 Å². The molecule has 0 radical (unpaired) electrons. The molecule has 5 atom stereocenters. The molecule has 28 heavy (non-hydrogen) atoms. The molecule has 3 amide bonds. The first-order valence-electron chi connectivity index (χ1n) is 9.08. The lowest BCUT2D eigenvalue weighted by Gasteiger charge is -2.27. The molecule has 0 unspecified atom stereocenters. The third-order valence-corrected chi connectivity index (χ3v) is 5.34. The highest BCUT2D eigenvalue weighted by atomic mass is 32.2. The summed E-state index contributed by atoms with van der Waals surface area (Å²) in [6.45, 7) is 5.11. The van der Waals surface area contributed by atoms with Gasteiger partial charge < -0.3 is 26.8 Å². The zero-order chi connectivity index (χ0) is 21.9. The maximum absolute atomic E-state index is 12.6. The predicted octanol–water partition coefficient (Wildman–Crippen LogP) is -0.398. The number of rotatable bonds is 13. The van der Waals surface area contributed by atoms with E-state index in [4.69, 9.17) is 5.73 Å². The van der Waals surface area contributed by atoms with Gasteiger partial charge in [0.15, 0.2) is 0 Å². The Bertz CT molecular complexity index is 550. The monoisotopic (exact) mass is 436 g/mol. The van der Waals surface area contributed by atoms with Crippen LogP contribution in [0.2, 0.25) is 0 Å². The fourth-order valence-corrected chi connectivity index (χ4v) is 2.84. The van der Waals surface area contributed by atoms with E-state index in [2.05, 4.69) is 28.6 Å². The van der Waals surface area contributed by atoms with E-state index in [0.717, 1.165) is 0 Å². The van der Waals surface area contributed by atoms with Gasteiger partial charge in [0.2, 0.25) is 17.7 Å². The van der Waals surface area contributed by atoms with Crippen molar-refractivity contribution in [2.45, 2.75) is 57.8 Å². The minimum atomic E-state index is -1.13. The number of nitrogens with one attached hydrogen (secondary N) is 3. The minimum Gasteiger partial charge on any atom is -0.480 e. The number of amides is 3. The van der Waals surface area contributed by atoms with Crippen LogP contribution in [0.4, 0.5) is 0 Å². The first-order chi connectivity index (χ1) is 13.1. The average molecular weight is 437 g/mol. The quantitative estimate of drug-likeness (QED) is 0.215. The number of thiol groups is 1. The molecule has 11 heteroatoms. The smallest absolute Gasteiger partial charge is 0.326 e. The molecule has 0 aromatic heterocycles. The summed E-state index contributed by atoms with van der Waals surface area (Å²) in [5.41, 5.74) is 5.57. The van der Waals surface area contributed by atoms with E-state index in [1.54, 1.807) is 6.92 Å². The van der Waals surface area contributed by atoms with Gasteiger partial charge >= 0.3 is 5.97 Å². The summed E-state index contributed by atoms with van der Waals surface area (Å²) in [6.07, 6.45) is 2.71. The van der Waals surface area contributed by atoms with Crippen LogP contribution in [0.3, 0.4) is 0 Å². The van der Waals surface area contributed by atoms with Gasteiger partial charge in [0.25, 0.3) is 0 Å². The van der Waals surface area contributed by atoms with Crippen LogP contribution in [0.25, 0.3) is 0 Å². The number of hydrogen-bond donors (Lipinski definition) is 6. The number of carboxylic acid groups (broad SMARTS) is 1. The number of thioether (sulfide) groups is 1. The van der Waals surface area contributed by atoms with Crippen molar-refractivity contribution in [2.24, 2.45) is 11.7 Å². The van der Waals surface area contributed by atoms with Gasteiger partial charge in [-0.25, -0.2) is 4.79 Å². The molecule has 0 aromatic carbocycles. The van der Waals surface area contributed by atoms with E-state index in [1.165, 1.54) is 18.7 Å². The lowest BCUT2D eigenvalue weighted by molar-refractivity contribution is -0.142. The normalized spacial score (nSPS) is 16.2. The van der Waals surface area contributed by atoms with Crippen LogP contribution in [-0.2, 0) is 19.2 Å². The zero-order valence-electron chi connectivity index (χ0n) is 16.7. The van der Waals surface area contributed by atoms with Crippen LogP contribution in [0.1, 0.15) is 33.6 Å². The molecule has 0 spiro atoms. The van der Waals surface area contributed by atoms with Crippen molar-refractivity contribution in [3.63, 3.8) is 0 Å². The molecule has 0 rings (SSSR count).